The predicted octanol–water partition coefficient (Wildman–Crippen LogP) is 13.9. The number of aromatic nitrogens is 3. The monoisotopic (exact) mass is 728 g/mol. The number of nitrogens with zero attached hydrogens (tertiary/aromatic N) is 4. The molecule has 0 saturated carbocycles. The van der Waals surface area contributed by atoms with E-state index in [0.717, 1.165) is 83.4 Å². The summed E-state index contributed by atoms with van der Waals surface area (Å²) in [7, 11) is 0. The second-order valence-corrected chi connectivity index (χ2v) is 14.6. The first-order valence-electron chi connectivity index (χ1n) is 19.2. The smallest absolute Gasteiger partial charge is 0.235 e. The number of rotatable bonds is 4. The molecule has 0 saturated heterocycles. The molecule has 5 heteroatoms. The fraction of sp³-hybridized carbons (Fsp3) is 0. The van der Waals surface area contributed by atoms with Crippen LogP contribution in [-0.2, 0) is 0 Å². The molecule has 5 nitrogen and oxygen atoms in total. The Labute approximate surface area is 328 Å². The molecule has 0 spiro atoms. The van der Waals surface area contributed by atoms with Crippen molar-refractivity contribution in [3.8, 4) is 28.1 Å². The highest BCUT2D eigenvalue weighted by Crippen LogP contribution is 2.46. The normalized spacial score (nSPS) is 12.5. The molecule has 0 N–H and O–H groups in total. The highest BCUT2D eigenvalue weighted by Gasteiger charge is 2.26. The molecule has 0 fully saturated rings. The lowest BCUT2D eigenvalue weighted by atomic mass is 9.99. The Bertz CT molecular complexity index is 3410. The van der Waals surface area contributed by atoms with Crippen LogP contribution in [0.3, 0.4) is 0 Å². The Morgan fingerprint density at radius 1 is 0.404 bits per heavy atom. The molecule has 0 aliphatic carbocycles. The summed E-state index contributed by atoms with van der Waals surface area (Å²) in [5, 5.41) is 5.61. The number of hydrogen-bond acceptors (Lipinski definition) is 4. The average molecular weight is 729 g/mol. The summed E-state index contributed by atoms with van der Waals surface area (Å²) < 4.78 is 8.77. The molecule has 1 aliphatic rings. The Kier molecular flexibility index (Phi) is 6.86. The van der Waals surface area contributed by atoms with E-state index in [0.29, 0.717) is 5.95 Å². The zero-order valence-electron chi connectivity index (χ0n) is 30.7. The maximum atomic E-state index is 6.40. The minimum absolute atomic E-state index is 0.604. The fourth-order valence-corrected chi connectivity index (χ4v) is 8.68. The van der Waals surface area contributed by atoms with Gasteiger partial charge in [0.1, 0.15) is 11.2 Å². The van der Waals surface area contributed by atoms with E-state index in [1.54, 1.807) is 0 Å². The number of furan rings is 1. The van der Waals surface area contributed by atoms with Crippen LogP contribution >= 0.6 is 0 Å². The predicted molar refractivity (Wildman–Crippen MR) is 236 cm³/mol. The van der Waals surface area contributed by atoms with Crippen LogP contribution in [0.25, 0.3) is 94.9 Å². The molecule has 0 bridgehead atoms. The van der Waals surface area contributed by atoms with Crippen LogP contribution in [0.4, 0.5) is 17.3 Å². The molecule has 8 aromatic carbocycles. The lowest BCUT2D eigenvalue weighted by Gasteiger charge is -2.26. The molecule has 0 amide bonds. The van der Waals surface area contributed by atoms with Gasteiger partial charge in [-0.25, -0.2) is 9.97 Å². The third-order valence-electron chi connectivity index (χ3n) is 11.3. The Hall–Kier alpha value is -7.76. The topological polar surface area (TPSA) is 47.1 Å². The van der Waals surface area contributed by atoms with E-state index in [4.69, 9.17) is 14.4 Å². The van der Waals surface area contributed by atoms with E-state index < -0.39 is 0 Å². The molecule has 266 valence electrons. The average Bonchev–Trinajstić information content (AvgIpc) is 3.75. The van der Waals surface area contributed by atoms with E-state index in [2.05, 4.69) is 179 Å². The van der Waals surface area contributed by atoms with Gasteiger partial charge in [-0.1, -0.05) is 133 Å². The van der Waals surface area contributed by atoms with Gasteiger partial charge in [-0.2, -0.15) is 0 Å². The van der Waals surface area contributed by atoms with Crippen molar-refractivity contribution < 1.29 is 4.42 Å². The van der Waals surface area contributed by atoms with Gasteiger partial charge in [0.15, 0.2) is 0 Å². The highest BCUT2D eigenvalue weighted by molar-refractivity contribution is 6.11. The molecule has 0 radical (unpaired) electrons. The Morgan fingerprint density at radius 2 is 1.07 bits per heavy atom. The zero-order valence-corrected chi connectivity index (χ0v) is 30.7. The van der Waals surface area contributed by atoms with Crippen molar-refractivity contribution in [2.24, 2.45) is 0 Å². The largest absolute Gasteiger partial charge is 0.456 e. The number of benzene rings is 8. The quantitative estimate of drug-likeness (QED) is 0.181. The van der Waals surface area contributed by atoms with E-state index in [9.17, 15) is 0 Å². The molecule has 4 heterocycles. The van der Waals surface area contributed by atoms with Crippen molar-refractivity contribution in [3.05, 3.63) is 193 Å². The summed E-state index contributed by atoms with van der Waals surface area (Å²) in [5.41, 5.74) is 14.4. The number of fused-ring (bicyclic) bond motifs is 9. The molecule has 57 heavy (non-hydrogen) atoms. The van der Waals surface area contributed by atoms with Crippen LogP contribution in [0, 0.1) is 0 Å². The SMILES string of the molecule is C1=Cc2cc3oc4ccccc4c3cc2N(c2nc(-c3ccccc3)c3ccccc3n2)c2ccc(-c3ccc4c5ccccc5n(-c5ccccc5)c4c3)cc21. The first-order chi connectivity index (χ1) is 28.2. The van der Waals surface area contributed by atoms with Crippen molar-refractivity contribution in [2.75, 3.05) is 4.90 Å². The van der Waals surface area contributed by atoms with Gasteiger partial charge in [0.25, 0.3) is 0 Å². The Morgan fingerprint density at radius 3 is 1.93 bits per heavy atom. The van der Waals surface area contributed by atoms with Crippen LogP contribution in [0.2, 0.25) is 0 Å². The second kappa shape index (κ2) is 12.4. The van der Waals surface area contributed by atoms with Gasteiger partial charge in [-0.05, 0) is 77.4 Å². The van der Waals surface area contributed by atoms with Crippen molar-refractivity contribution in [2.45, 2.75) is 0 Å². The molecule has 0 atom stereocenters. The van der Waals surface area contributed by atoms with Crippen LogP contribution in [0.1, 0.15) is 11.1 Å². The van der Waals surface area contributed by atoms with Crippen molar-refractivity contribution in [1.29, 1.82) is 0 Å². The van der Waals surface area contributed by atoms with Crippen molar-refractivity contribution in [3.63, 3.8) is 0 Å². The van der Waals surface area contributed by atoms with E-state index >= 15 is 0 Å². The third-order valence-corrected chi connectivity index (χ3v) is 11.3. The molecule has 11 aromatic rings. The lowest BCUT2D eigenvalue weighted by Crippen LogP contribution is -2.15. The van der Waals surface area contributed by atoms with Crippen molar-refractivity contribution >= 4 is 84.1 Å². The molecular weight excluding hydrogens is 697 g/mol. The molecule has 1 aliphatic heterocycles. The highest BCUT2D eigenvalue weighted by atomic mass is 16.3. The fourth-order valence-electron chi connectivity index (χ4n) is 8.68. The maximum Gasteiger partial charge on any atom is 0.235 e. The van der Waals surface area contributed by atoms with Crippen LogP contribution < -0.4 is 4.90 Å². The Balaban J connectivity index is 1.09. The number of anilines is 3. The second-order valence-electron chi connectivity index (χ2n) is 14.6. The standard InChI is InChI=1S/C52H32N4O/c1-3-13-33(14-4-1)51-42-19-7-10-20-44(42)53-52(54-51)56-45-28-26-34(29-36(45)23-24-37-31-50-43(32-47(37)56)41-18-9-12-22-49(41)57-50)35-25-27-40-39-17-8-11-21-46(39)55(48(40)30-35)38-15-5-2-6-16-38/h1-32H. The van der Waals surface area contributed by atoms with E-state index in [-0.39, 0.29) is 0 Å². The summed E-state index contributed by atoms with van der Waals surface area (Å²) >= 11 is 0. The minimum Gasteiger partial charge on any atom is -0.456 e. The summed E-state index contributed by atoms with van der Waals surface area (Å²) in [6, 6.07) is 64.2. The summed E-state index contributed by atoms with van der Waals surface area (Å²) in [4.78, 5) is 12.9. The molecular formula is C52H32N4O. The maximum absolute atomic E-state index is 6.40. The minimum atomic E-state index is 0.604. The van der Waals surface area contributed by atoms with Gasteiger partial charge in [0.05, 0.1) is 33.6 Å². The van der Waals surface area contributed by atoms with Gasteiger partial charge >= 0.3 is 0 Å². The first-order valence-corrected chi connectivity index (χ1v) is 19.2. The summed E-state index contributed by atoms with van der Waals surface area (Å²) in [5.74, 6) is 0.604. The van der Waals surface area contributed by atoms with Crippen LogP contribution in [0.15, 0.2) is 186 Å². The zero-order chi connectivity index (χ0) is 37.5. The molecule has 3 aromatic heterocycles. The van der Waals surface area contributed by atoms with E-state index in [1.807, 2.05) is 24.3 Å². The van der Waals surface area contributed by atoms with Crippen molar-refractivity contribution in [1.82, 2.24) is 14.5 Å². The van der Waals surface area contributed by atoms with Crippen LogP contribution in [-0.4, -0.2) is 14.5 Å². The lowest BCUT2D eigenvalue weighted by molar-refractivity contribution is 0.669. The summed E-state index contributed by atoms with van der Waals surface area (Å²) in [6.07, 6.45) is 4.41. The van der Waals surface area contributed by atoms with Gasteiger partial charge < -0.3 is 8.98 Å². The molecule has 12 rings (SSSR count). The third kappa shape index (κ3) is 4.96. The number of hydrogen-bond donors (Lipinski definition) is 0. The van der Waals surface area contributed by atoms with Gasteiger partial charge in [0.2, 0.25) is 5.95 Å². The molecule has 0 unspecified atom stereocenters. The van der Waals surface area contributed by atoms with Gasteiger partial charge in [-0.15, -0.1) is 0 Å². The van der Waals surface area contributed by atoms with Gasteiger partial charge in [-0.3, -0.25) is 4.90 Å². The van der Waals surface area contributed by atoms with E-state index in [1.165, 1.54) is 21.8 Å². The van der Waals surface area contributed by atoms with Crippen LogP contribution in [0.5, 0.6) is 0 Å². The summed E-state index contributed by atoms with van der Waals surface area (Å²) in [6.45, 7) is 0. The van der Waals surface area contributed by atoms with Gasteiger partial charge in [0, 0.05) is 43.7 Å². The number of para-hydroxylation sites is 4. The first kappa shape index (κ1) is 31.6.